The van der Waals surface area contributed by atoms with Crippen LogP contribution in [0.25, 0.3) is 6.08 Å². The predicted molar refractivity (Wildman–Crippen MR) is 90.6 cm³/mol. The molecule has 1 fully saturated rings. The molecule has 1 heterocycles. The molecular weight excluding hydrogens is 274 g/mol. The lowest BCUT2D eigenvalue weighted by Crippen LogP contribution is -2.43. The van der Waals surface area contributed by atoms with Crippen LogP contribution in [-0.4, -0.2) is 35.6 Å². The van der Waals surface area contributed by atoms with Crippen molar-refractivity contribution in [2.75, 3.05) is 19.7 Å². The maximum absolute atomic E-state index is 12.3. The quantitative estimate of drug-likeness (QED) is 0.867. The lowest BCUT2D eigenvalue weighted by molar-refractivity contribution is -0.128. The van der Waals surface area contributed by atoms with Gasteiger partial charge in [-0.2, -0.15) is 0 Å². The normalized spacial score (nSPS) is 17.9. The third kappa shape index (κ3) is 3.77. The number of aliphatic hydroxyl groups excluding tert-OH is 1. The van der Waals surface area contributed by atoms with Crippen LogP contribution in [-0.2, 0) is 4.79 Å². The molecule has 1 N–H and O–H groups in total. The number of amides is 1. The molecule has 3 heteroatoms. The van der Waals surface area contributed by atoms with Gasteiger partial charge in [0, 0.05) is 25.8 Å². The maximum Gasteiger partial charge on any atom is 0.246 e. The summed E-state index contributed by atoms with van der Waals surface area (Å²) in [6.07, 6.45) is 6.34. The standard InChI is InChI=1S/C19H27NO2/c1-4-19(14-21)9-11-20(12-10-19)18(22)8-7-17-6-5-15(2)13-16(17)3/h5-8,13,21H,4,9-12,14H2,1-3H3/b8-7+. The van der Waals surface area contributed by atoms with Gasteiger partial charge in [0.25, 0.3) is 0 Å². The molecule has 3 nitrogen and oxygen atoms in total. The summed E-state index contributed by atoms with van der Waals surface area (Å²) >= 11 is 0. The molecule has 0 saturated carbocycles. The Hall–Kier alpha value is -1.61. The van der Waals surface area contributed by atoms with Gasteiger partial charge >= 0.3 is 0 Å². The van der Waals surface area contributed by atoms with Gasteiger partial charge in [0.1, 0.15) is 0 Å². The molecule has 0 radical (unpaired) electrons. The molecule has 1 aromatic rings. The summed E-state index contributed by atoms with van der Waals surface area (Å²) in [5.41, 5.74) is 3.53. The zero-order chi connectivity index (χ0) is 16.2. The van der Waals surface area contributed by atoms with E-state index in [0.29, 0.717) is 0 Å². The van der Waals surface area contributed by atoms with Crippen LogP contribution in [0.1, 0.15) is 42.9 Å². The largest absolute Gasteiger partial charge is 0.396 e. The molecule has 1 saturated heterocycles. The fourth-order valence-electron chi connectivity index (χ4n) is 3.10. The highest BCUT2D eigenvalue weighted by atomic mass is 16.3. The maximum atomic E-state index is 12.3. The molecule has 0 aromatic heterocycles. The summed E-state index contributed by atoms with van der Waals surface area (Å²) in [6.45, 7) is 7.96. The number of aryl methyl sites for hydroxylation is 2. The molecule has 0 aliphatic carbocycles. The fourth-order valence-corrected chi connectivity index (χ4v) is 3.10. The number of hydrogen-bond acceptors (Lipinski definition) is 2. The first-order valence-corrected chi connectivity index (χ1v) is 8.15. The third-order valence-corrected chi connectivity index (χ3v) is 5.05. The van der Waals surface area contributed by atoms with E-state index in [2.05, 4.69) is 39.0 Å². The van der Waals surface area contributed by atoms with E-state index in [9.17, 15) is 9.90 Å². The first-order chi connectivity index (χ1) is 10.5. The number of carbonyl (C=O) groups excluding carboxylic acids is 1. The van der Waals surface area contributed by atoms with Crippen LogP contribution in [0.15, 0.2) is 24.3 Å². The van der Waals surface area contributed by atoms with Crippen LogP contribution in [0.5, 0.6) is 0 Å². The Balaban J connectivity index is 1.97. The van der Waals surface area contributed by atoms with E-state index in [-0.39, 0.29) is 17.9 Å². The Labute approximate surface area is 133 Å². The Morgan fingerprint density at radius 3 is 2.55 bits per heavy atom. The third-order valence-electron chi connectivity index (χ3n) is 5.05. The van der Waals surface area contributed by atoms with E-state index < -0.39 is 0 Å². The molecule has 0 unspecified atom stereocenters. The molecule has 1 aliphatic rings. The summed E-state index contributed by atoms with van der Waals surface area (Å²) in [5, 5.41) is 9.55. The zero-order valence-corrected chi connectivity index (χ0v) is 13.9. The number of piperidine rings is 1. The molecule has 0 atom stereocenters. The smallest absolute Gasteiger partial charge is 0.246 e. The predicted octanol–water partition coefficient (Wildman–Crippen LogP) is 3.33. The van der Waals surface area contributed by atoms with Crippen molar-refractivity contribution < 1.29 is 9.90 Å². The van der Waals surface area contributed by atoms with Crippen molar-refractivity contribution >= 4 is 12.0 Å². The van der Waals surface area contributed by atoms with Crippen molar-refractivity contribution in [3.05, 3.63) is 41.0 Å². The molecule has 0 spiro atoms. The van der Waals surface area contributed by atoms with Crippen molar-refractivity contribution in [3.8, 4) is 0 Å². The van der Waals surface area contributed by atoms with Gasteiger partial charge in [-0.1, -0.05) is 30.7 Å². The molecular formula is C19H27NO2. The van der Waals surface area contributed by atoms with Gasteiger partial charge in [0.2, 0.25) is 5.91 Å². The lowest BCUT2D eigenvalue weighted by atomic mass is 9.77. The number of aliphatic hydroxyl groups is 1. The number of nitrogens with zero attached hydrogens (tertiary/aromatic N) is 1. The van der Waals surface area contributed by atoms with Gasteiger partial charge in [-0.05, 0) is 55.7 Å². The molecule has 0 bridgehead atoms. The lowest BCUT2D eigenvalue weighted by Gasteiger charge is -2.39. The van der Waals surface area contributed by atoms with Crippen LogP contribution in [0.2, 0.25) is 0 Å². The van der Waals surface area contributed by atoms with E-state index in [1.54, 1.807) is 6.08 Å². The SMILES string of the molecule is CCC1(CO)CCN(C(=O)/C=C/c2ccc(C)cc2C)CC1. The van der Waals surface area contributed by atoms with E-state index in [1.165, 1.54) is 11.1 Å². The summed E-state index contributed by atoms with van der Waals surface area (Å²) in [5.74, 6) is 0.0719. The Kier molecular flexibility index (Phi) is 5.41. The zero-order valence-electron chi connectivity index (χ0n) is 13.9. The summed E-state index contributed by atoms with van der Waals surface area (Å²) in [7, 11) is 0. The molecule has 120 valence electrons. The second kappa shape index (κ2) is 7.10. The minimum absolute atomic E-state index is 0.0219. The first kappa shape index (κ1) is 16.8. The van der Waals surface area contributed by atoms with Gasteiger partial charge in [0.05, 0.1) is 0 Å². The summed E-state index contributed by atoms with van der Waals surface area (Å²) in [6, 6.07) is 6.25. The number of hydrogen-bond donors (Lipinski definition) is 1. The van der Waals surface area contributed by atoms with Gasteiger partial charge < -0.3 is 10.0 Å². The van der Waals surface area contributed by atoms with Crippen LogP contribution in [0.4, 0.5) is 0 Å². The summed E-state index contributed by atoms with van der Waals surface area (Å²) < 4.78 is 0. The first-order valence-electron chi connectivity index (χ1n) is 8.15. The monoisotopic (exact) mass is 301 g/mol. The fraction of sp³-hybridized carbons (Fsp3) is 0.526. The van der Waals surface area contributed by atoms with Gasteiger partial charge in [0.15, 0.2) is 0 Å². The molecule has 2 rings (SSSR count). The molecule has 1 aromatic carbocycles. The molecule has 1 aliphatic heterocycles. The van der Waals surface area contributed by atoms with Crippen molar-refractivity contribution in [2.45, 2.75) is 40.0 Å². The van der Waals surface area contributed by atoms with Gasteiger partial charge in [-0.25, -0.2) is 0 Å². The number of carbonyl (C=O) groups is 1. The second-order valence-electron chi connectivity index (χ2n) is 6.53. The van der Waals surface area contributed by atoms with E-state index in [4.69, 9.17) is 0 Å². The summed E-state index contributed by atoms with van der Waals surface area (Å²) in [4.78, 5) is 14.2. The average Bonchev–Trinajstić information content (AvgIpc) is 2.54. The van der Waals surface area contributed by atoms with Crippen LogP contribution in [0, 0.1) is 19.3 Å². The minimum atomic E-state index is 0.0219. The van der Waals surface area contributed by atoms with Crippen LogP contribution < -0.4 is 0 Å². The number of likely N-dealkylation sites (tertiary alicyclic amines) is 1. The topological polar surface area (TPSA) is 40.5 Å². The van der Waals surface area contributed by atoms with Crippen molar-refractivity contribution in [2.24, 2.45) is 5.41 Å². The van der Waals surface area contributed by atoms with Gasteiger partial charge in [-0.15, -0.1) is 0 Å². The highest BCUT2D eigenvalue weighted by Gasteiger charge is 2.33. The number of rotatable bonds is 4. The van der Waals surface area contributed by atoms with Crippen molar-refractivity contribution in [3.63, 3.8) is 0 Å². The highest BCUT2D eigenvalue weighted by Crippen LogP contribution is 2.34. The second-order valence-corrected chi connectivity index (χ2v) is 6.53. The Morgan fingerprint density at radius 1 is 1.32 bits per heavy atom. The Morgan fingerprint density at radius 2 is 2.00 bits per heavy atom. The molecule has 1 amide bonds. The van der Waals surface area contributed by atoms with Crippen molar-refractivity contribution in [1.82, 2.24) is 4.90 Å². The van der Waals surface area contributed by atoms with E-state index >= 15 is 0 Å². The van der Waals surface area contributed by atoms with E-state index in [0.717, 1.165) is 37.9 Å². The average molecular weight is 301 g/mol. The molecule has 22 heavy (non-hydrogen) atoms. The van der Waals surface area contributed by atoms with Gasteiger partial charge in [-0.3, -0.25) is 4.79 Å². The van der Waals surface area contributed by atoms with E-state index in [1.807, 2.05) is 11.0 Å². The Bertz CT molecular complexity index is 549. The van der Waals surface area contributed by atoms with Crippen molar-refractivity contribution in [1.29, 1.82) is 0 Å². The minimum Gasteiger partial charge on any atom is -0.396 e. The van der Waals surface area contributed by atoms with Crippen LogP contribution >= 0.6 is 0 Å². The van der Waals surface area contributed by atoms with Crippen LogP contribution in [0.3, 0.4) is 0 Å². The number of benzene rings is 1. The highest BCUT2D eigenvalue weighted by molar-refractivity contribution is 5.92.